The van der Waals surface area contributed by atoms with Crippen molar-refractivity contribution in [3.05, 3.63) is 60.7 Å². The van der Waals surface area contributed by atoms with Gasteiger partial charge >= 0.3 is 0 Å². The lowest BCUT2D eigenvalue weighted by atomic mass is 10.1. The minimum absolute atomic E-state index is 0.116. The van der Waals surface area contributed by atoms with Crippen LogP contribution < -0.4 is 10.6 Å². The van der Waals surface area contributed by atoms with E-state index < -0.39 is 0 Å². The van der Waals surface area contributed by atoms with E-state index in [2.05, 4.69) is 34.9 Å². The van der Waals surface area contributed by atoms with Crippen LogP contribution in [0.2, 0.25) is 0 Å². The fourth-order valence-corrected chi connectivity index (χ4v) is 3.84. The van der Waals surface area contributed by atoms with Crippen molar-refractivity contribution in [3.63, 3.8) is 0 Å². The summed E-state index contributed by atoms with van der Waals surface area (Å²) in [5, 5.41) is 9.84. The minimum Gasteiger partial charge on any atom is -0.324 e. The van der Waals surface area contributed by atoms with Gasteiger partial charge in [0.1, 0.15) is 0 Å². The summed E-state index contributed by atoms with van der Waals surface area (Å²) < 4.78 is 0. The number of carbonyl (C=O) groups is 2. The SMILES string of the molecule is CCC(=O)Nc1cc2cc3nc4cc5ccccc5cc4nc3cc2cc1NC(=O)CC. The highest BCUT2D eigenvalue weighted by Gasteiger charge is 2.12. The standard InChI is InChI=1S/C26H22N4O2/c1-3-25(31)29-23-13-17-11-21-22(12-18(17)14-24(23)30-26(32)4-2)28-20-10-16-8-6-5-7-15(16)9-19(20)27-21/h5-14H,3-4H2,1-2H3,(H,29,31)(H,30,32). The molecule has 0 aliphatic carbocycles. The molecule has 0 bridgehead atoms. The van der Waals surface area contributed by atoms with Crippen molar-refractivity contribution in [2.75, 3.05) is 10.6 Å². The maximum atomic E-state index is 12.0. The number of nitrogens with zero attached hydrogens (tertiary/aromatic N) is 2. The van der Waals surface area contributed by atoms with Gasteiger partial charge in [0, 0.05) is 12.8 Å². The van der Waals surface area contributed by atoms with E-state index >= 15 is 0 Å². The van der Waals surface area contributed by atoms with E-state index in [9.17, 15) is 9.59 Å². The number of benzene rings is 4. The van der Waals surface area contributed by atoms with Gasteiger partial charge in [-0.05, 0) is 57.9 Å². The van der Waals surface area contributed by atoms with Crippen molar-refractivity contribution < 1.29 is 9.59 Å². The molecule has 5 rings (SSSR count). The lowest BCUT2D eigenvalue weighted by Gasteiger charge is -2.14. The monoisotopic (exact) mass is 422 g/mol. The third-order valence-electron chi connectivity index (χ3n) is 5.59. The molecule has 0 spiro atoms. The second-order valence-corrected chi connectivity index (χ2v) is 7.80. The van der Waals surface area contributed by atoms with Crippen molar-refractivity contribution in [1.29, 1.82) is 0 Å². The van der Waals surface area contributed by atoms with Gasteiger partial charge in [0.05, 0.1) is 33.4 Å². The quantitative estimate of drug-likeness (QED) is 0.359. The first-order chi connectivity index (χ1) is 15.5. The Morgan fingerprint density at radius 1 is 0.625 bits per heavy atom. The molecular formula is C26H22N4O2. The number of nitrogens with one attached hydrogen (secondary N) is 2. The number of amides is 2. The van der Waals surface area contributed by atoms with Crippen LogP contribution in [0.25, 0.3) is 43.6 Å². The van der Waals surface area contributed by atoms with Crippen LogP contribution in [-0.2, 0) is 9.59 Å². The number of hydrogen-bond donors (Lipinski definition) is 2. The lowest BCUT2D eigenvalue weighted by molar-refractivity contribution is -0.116. The van der Waals surface area contributed by atoms with Crippen LogP contribution in [0.3, 0.4) is 0 Å². The summed E-state index contributed by atoms with van der Waals surface area (Å²) in [7, 11) is 0. The van der Waals surface area contributed by atoms with Crippen LogP contribution in [0.5, 0.6) is 0 Å². The Labute approximate surface area is 184 Å². The van der Waals surface area contributed by atoms with E-state index in [4.69, 9.17) is 9.97 Å². The maximum Gasteiger partial charge on any atom is 0.224 e. The van der Waals surface area contributed by atoms with E-state index in [-0.39, 0.29) is 11.8 Å². The maximum absolute atomic E-state index is 12.0. The summed E-state index contributed by atoms with van der Waals surface area (Å²) in [4.78, 5) is 33.8. The Morgan fingerprint density at radius 3 is 1.38 bits per heavy atom. The summed E-state index contributed by atoms with van der Waals surface area (Å²) in [5.74, 6) is -0.232. The number of aromatic nitrogens is 2. The summed E-state index contributed by atoms with van der Waals surface area (Å²) in [5.41, 5.74) is 4.37. The van der Waals surface area contributed by atoms with Crippen LogP contribution >= 0.6 is 0 Å². The summed E-state index contributed by atoms with van der Waals surface area (Å²) in [6, 6.07) is 20.0. The van der Waals surface area contributed by atoms with Crippen LogP contribution in [0.15, 0.2) is 60.7 Å². The first-order valence-electron chi connectivity index (χ1n) is 10.7. The van der Waals surface area contributed by atoms with E-state index in [0.29, 0.717) is 24.2 Å². The summed E-state index contributed by atoms with van der Waals surface area (Å²) in [6.45, 7) is 3.58. The first-order valence-corrected chi connectivity index (χ1v) is 10.7. The highest BCUT2D eigenvalue weighted by molar-refractivity contribution is 6.07. The zero-order valence-corrected chi connectivity index (χ0v) is 17.9. The molecule has 1 aromatic heterocycles. The fourth-order valence-electron chi connectivity index (χ4n) is 3.84. The third kappa shape index (κ3) is 3.60. The Balaban J connectivity index is 1.71. The van der Waals surface area contributed by atoms with Crippen LogP contribution in [-0.4, -0.2) is 21.8 Å². The zero-order valence-electron chi connectivity index (χ0n) is 17.9. The molecule has 1 heterocycles. The fraction of sp³-hybridized carbons (Fsp3) is 0.154. The topological polar surface area (TPSA) is 84.0 Å². The second-order valence-electron chi connectivity index (χ2n) is 7.80. The van der Waals surface area contributed by atoms with Gasteiger partial charge in [-0.3, -0.25) is 9.59 Å². The molecule has 6 nitrogen and oxygen atoms in total. The molecule has 0 atom stereocenters. The minimum atomic E-state index is -0.116. The van der Waals surface area contributed by atoms with Gasteiger partial charge in [-0.1, -0.05) is 38.1 Å². The second kappa shape index (κ2) is 7.89. The zero-order chi connectivity index (χ0) is 22.2. The van der Waals surface area contributed by atoms with Gasteiger partial charge in [-0.25, -0.2) is 9.97 Å². The van der Waals surface area contributed by atoms with Gasteiger partial charge in [-0.15, -0.1) is 0 Å². The number of rotatable bonds is 4. The Kier molecular flexibility index (Phi) is 4.90. The molecule has 0 saturated heterocycles. The highest BCUT2D eigenvalue weighted by Crippen LogP contribution is 2.32. The number of hydrogen-bond acceptors (Lipinski definition) is 4. The van der Waals surface area contributed by atoms with Crippen LogP contribution in [0.4, 0.5) is 11.4 Å². The van der Waals surface area contributed by atoms with Crippen molar-refractivity contribution in [1.82, 2.24) is 9.97 Å². The van der Waals surface area contributed by atoms with Crippen LogP contribution in [0.1, 0.15) is 26.7 Å². The van der Waals surface area contributed by atoms with Crippen molar-refractivity contribution in [3.8, 4) is 0 Å². The molecule has 6 heteroatoms. The number of fused-ring (bicyclic) bond motifs is 4. The average molecular weight is 422 g/mol. The predicted molar refractivity (Wildman–Crippen MR) is 130 cm³/mol. The third-order valence-corrected chi connectivity index (χ3v) is 5.59. The molecule has 32 heavy (non-hydrogen) atoms. The van der Waals surface area contributed by atoms with Crippen molar-refractivity contribution >= 4 is 66.8 Å². The molecule has 158 valence electrons. The van der Waals surface area contributed by atoms with Crippen molar-refractivity contribution in [2.45, 2.75) is 26.7 Å². The number of carbonyl (C=O) groups excluding carboxylic acids is 2. The molecule has 0 aliphatic heterocycles. The van der Waals surface area contributed by atoms with E-state index in [1.807, 2.05) is 36.4 Å². The summed E-state index contributed by atoms with van der Waals surface area (Å²) in [6.07, 6.45) is 0.699. The van der Waals surface area contributed by atoms with Gasteiger partial charge in [0.25, 0.3) is 0 Å². The molecule has 2 N–H and O–H groups in total. The normalized spacial score (nSPS) is 11.3. The van der Waals surface area contributed by atoms with Gasteiger partial charge in [0.15, 0.2) is 0 Å². The molecule has 0 fully saturated rings. The summed E-state index contributed by atoms with van der Waals surface area (Å²) >= 11 is 0. The van der Waals surface area contributed by atoms with E-state index in [0.717, 1.165) is 43.6 Å². The predicted octanol–water partition coefficient (Wildman–Crippen LogP) is 5.79. The van der Waals surface area contributed by atoms with Gasteiger partial charge in [0.2, 0.25) is 11.8 Å². The molecule has 0 aliphatic rings. The Hall–Kier alpha value is -4.06. The van der Waals surface area contributed by atoms with Crippen LogP contribution in [0, 0.1) is 0 Å². The van der Waals surface area contributed by atoms with Gasteiger partial charge in [-0.2, -0.15) is 0 Å². The van der Waals surface area contributed by atoms with Crippen molar-refractivity contribution in [2.24, 2.45) is 0 Å². The van der Waals surface area contributed by atoms with E-state index in [1.54, 1.807) is 13.8 Å². The largest absolute Gasteiger partial charge is 0.324 e. The molecule has 5 aromatic rings. The molecule has 0 saturated carbocycles. The molecule has 4 aromatic carbocycles. The molecule has 0 unspecified atom stereocenters. The van der Waals surface area contributed by atoms with Gasteiger partial charge < -0.3 is 10.6 Å². The highest BCUT2D eigenvalue weighted by atomic mass is 16.2. The Bertz CT molecular complexity index is 1430. The molecule has 2 amide bonds. The number of anilines is 2. The molecule has 0 radical (unpaired) electrons. The Morgan fingerprint density at radius 2 is 1.00 bits per heavy atom. The first kappa shape index (κ1) is 19.9. The lowest BCUT2D eigenvalue weighted by Crippen LogP contribution is -2.15. The smallest absolute Gasteiger partial charge is 0.224 e. The van der Waals surface area contributed by atoms with E-state index in [1.165, 1.54) is 0 Å². The average Bonchev–Trinajstić information content (AvgIpc) is 2.80. The molecular weight excluding hydrogens is 400 g/mol.